The summed E-state index contributed by atoms with van der Waals surface area (Å²) >= 11 is 0. The van der Waals surface area contributed by atoms with E-state index in [1.165, 1.54) is 13.0 Å². The third-order valence-corrected chi connectivity index (χ3v) is 2.39. The van der Waals surface area contributed by atoms with Gasteiger partial charge in [0, 0.05) is 13.6 Å². The van der Waals surface area contributed by atoms with Crippen molar-refractivity contribution in [2.45, 2.75) is 12.5 Å². The number of halogens is 1. The van der Waals surface area contributed by atoms with Gasteiger partial charge in [0.25, 0.3) is 0 Å². The third kappa shape index (κ3) is 2.70. The lowest BCUT2D eigenvalue weighted by Gasteiger charge is -2.28. The van der Waals surface area contributed by atoms with Crippen LogP contribution >= 0.6 is 0 Å². The largest absolute Gasteiger partial charge is 0.370 e. The molecule has 1 aromatic carbocycles. The first-order valence-electron chi connectivity index (χ1n) is 4.89. The molecule has 0 aliphatic heterocycles. The molecule has 1 atom stereocenters. The number of anilines is 1. The number of rotatable bonds is 4. The Bertz CT molecular complexity index is 393. The summed E-state index contributed by atoms with van der Waals surface area (Å²) in [5.41, 5.74) is 10.1. The Morgan fingerprint density at radius 1 is 1.50 bits per heavy atom. The molecule has 0 fully saturated rings. The molecule has 0 heterocycles. The Balaban J connectivity index is 2.85. The molecule has 1 aromatic rings. The van der Waals surface area contributed by atoms with Crippen LogP contribution in [0.1, 0.15) is 6.92 Å². The highest BCUT2D eigenvalue weighted by molar-refractivity contribution is 5.84. The summed E-state index contributed by atoms with van der Waals surface area (Å²) in [5.74, 6) is -0.971. The van der Waals surface area contributed by atoms with Gasteiger partial charge in [0.1, 0.15) is 11.4 Å². The van der Waals surface area contributed by atoms with Gasteiger partial charge >= 0.3 is 0 Å². The van der Waals surface area contributed by atoms with E-state index in [4.69, 9.17) is 11.5 Å². The standard InChI is InChI=1S/C11H16FN3O/c1-11(14,10(13)16)7-15(2)9-6-4-3-5-8(9)12/h3-6H,7,14H2,1-2H3,(H2,13,16). The summed E-state index contributed by atoms with van der Waals surface area (Å²) in [6.45, 7) is 1.68. The van der Waals surface area contributed by atoms with Crippen LogP contribution in [0.4, 0.5) is 10.1 Å². The van der Waals surface area contributed by atoms with Gasteiger partial charge < -0.3 is 16.4 Å². The molecule has 0 saturated heterocycles. The van der Waals surface area contributed by atoms with Gasteiger partial charge in [-0.15, -0.1) is 0 Å². The van der Waals surface area contributed by atoms with Crippen LogP contribution in [0.5, 0.6) is 0 Å². The lowest BCUT2D eigenvalue weighted by atomic mass is 10.0. The summed E-state index contributed by atoms with van der Waals surface area (Å²) in [6, 6.07) is 6.28. The van der Waals surface area contributed by atoms with E-state index in [1.807, 2.05) is 0 Å². The van der Waals surface area contributed by atoms with Gasteiger partial charge in [-0.3, -0.25) is 4.79 Å². The Morgan fingerprint density at radius 3 is 2.56 bits per heavy atom. The molecule has 5 heteroatoms. The minimum atomic E-state index is -1.18. The molecular weight excluding hydrogens is 209 g/mol. The molecule has 1 unspecified atom stereocenters. The fourth-order valence-corrected chi connectivity index (χ4v) is 1.42. The predicted octanol–water partition coefficient (Wildman–Crippen LogP) is 0.465. The van der Waals surface area contributed by atoms with Gasteiger partial charge in [-0.2, -0.15) is 0 Å². The zero-order valence-electron chi connectivity index (χ0n) is 9.40. The molecular formula is C11H16FN3O. The monoisotopic (exact) mass is 225 g/mol. The normalized spacial score (nSPS) is 14.2. The first kappa shape index (κ1) is 12.4. The highest BCUT2D eigenvalue weighted by atomic mass is 19.1. The number of primary amides is 1. The maximum Gasteiger partial charge on any atom is 0.239 e. The summed E-state index contributed by atoms with van der Waals surface area (Å²) in [6.07, 6.45) is 0. The Hall–Kier alpha value is -1.62. The van der Waals surface area contributed by atoms with Gasteiger partial charge in [-0.25, -0.2) is 4.39 Å². The molecule has 88 valence electrons. The third-order valence-electron chi connectivity index (χ3n) is 2.39. The second-order valence-corrected chi connectivity index (χ2v) is 4.09. The number of hydrogen-bond acceptors (Lipinski definition) is 3. The molecule has 0 radical (unpaired) electrons. The van der Waals surface area contributed by atoms with Gasteiger partial charge in [-0.1, -0.05) is 12.1 Å². The van der Waals surface area contributed by atoms with E-state index in [-0.39, 0.29) is 12.4 Å². The zero-order valence-corrected chi connectivity index (χ0v) is 9.40. The molecule has 16 heavy (non-hydrogen) atoms. The maximum absolute atomic E-state index is 13.4. The zero-order chi connectivity index (χ0) is 12.3. The van der Waals surface area contributed by atoms with E-state index >= 15 is 0 Å². The number of carbonyl (C=O) groups is 1. The van der Waals surface area contributed by atoms with Crippen molar-refractivity contribution in [3.05, 3.63) is 30.1 Å². The van der Waals surface area contributed by atoms with Crippen LogP contribution in [0.15, 0.2) is 24.3 Å². The molecule has 0 aliphatic rings. The minimum absolute atomic E-state index is 0.156. The predicted molar refractivity (Wildman–Crippen MR) is 61.5 cm³/mol. The highest BCUT2D eigenvalue weighted by Crippen LogP contribution is 2.18. The van der Waals surface area contributed by atoms with Gasteiger partial charge in [-0.05, 0) is 19.1 Å². The maximum atomic E-state index is 13.4. The van der Waals surface area contributed by atoms with Crippen LogP contribution in [0, 0.1) is 5.82 Å². The van der Waals surface area contributed by atoms with Gasteiger partial charge in [0.15, 0.2) is 0 Å². The number of para-hydroxylation sites is 1. The van der Waals surface area contributed by atoms with Crippen LogP contribution in [0.25, 0.3) is 0 Å². The van der Waals surface area contributed by atoms with Crippen molar-refractivity contribution >= 4 is 11.6 Å². The molecule has 0 aliphatic carbocycles. The van der Waals surface area contributed by atoms with Crippen molar-refractivity contribution in [1.82, 2.24) is 0 Å². The molecule has 0 spiro atoms. The van der Waals surface area contributed by atoms with E-state index in [9.17, 15) is 9.18 Å². The number of nitrogens with two attached hydrogens (primary N) is 2. The quantitative estimate of drug-likeness (QED) is 0.782. The van der Waals surface area contributed by atoms with Crippen molar-refractivity contribution in [2.24, 2.45) is 11.5 Å². The van der Waals surface area contributed by atoms with Gasteiger partial charge in [0.05, 0.1) is 5.69 Å². The van der Waals surface area contributed by atoms with Crippen molar-refractivity contribution in [3.8, 4) is 0 Å². The Kier molecular flexibility index (Phi) is 3.49. The Labute approximate surface area is 94.0 Å². The van der Waals surface area contributed by atoms with Crippen LogP contribution in [0.3, 0.4) is 0 Å². The molecule has 1 amide bonds. The second kappa shape index (κ2) is 4.49. The van der Waals surface area contributed by atoms with Crippen LogP contribution < -0.4 is 16.4 Å². The van der Waals surface area contributed by atoms with E-state index in [0.29, 0.717) is 5.69 Å². The smallest absolute Gasteiger partial charge is 0.239 e. The fraction of sp³-hybridized carbons (Fsp3) is 0.364. The van der Waals surface area contributed by atoms with E-state index in [2.05, 4.69) is 0 Å². The molecule has 4 N–H and O–H groups in total. The topological polar surface area (TPSA) is 72.3 Å². The second-order valence-electron chi connectivity index (χ2n) is 4.09. The average molecular weight is 225 g/mol. The van der Waals surface area contributed by atoms with Crippen molar-refractivity contribution < 1.29 is 9.18 Å². The van der Waals surface area contributed by atoms with E-state index in [1.54, 1.807) is 30.1 Å². The number of hydrogen-bond donors (Lipinski definition) is 2. The van der Waals surface area contributed by atoms with Crippen LogP contribution in [0.2, 0.25) is 0 Å². The van der Waals surface area contributed by atoms with E-state index in [0.717, 1.165) is 0 Å². The average Bonchev–Trinajstić information content (AvgIpc) is 2.17. The number of carbonyl (C=O) groups excluding carboxylic acids is 1. The summed E-state index contributed by atoms with van der Waals surface area (Å²) in [5, 5.41) is 0. The molecule has 0 saturated carbocycles. The van der Waals surface area contributed by atoms with Crippen molar-refractivity contribution in [2.75, 3.05) is 18.5 Å². The highest BCUT2D eigenvalue weighted by Gasteiger charge is 2.28. The molecule has 0 bridgehead atoms. The summed E-state index contributed by atoms with van der Waals surface area (Å²) in [4.78, 5) is 12.6. The summed E-state index contributed by atoms with van der Waals surface area (Å²) in [7, 11) is 1.66. The number of amides is 1. The lowest BCUT2D eigenvalue weighted by Crippen LogP contribution is -2.56. The SMILES string of the molecule is CN(CC(C)(N)C(N)=O)c1ccccc1F. The molecule has 1 rings (SSSR count). The summed E-state index contributed by atoms with van der Waals surface area (Å²) < 4.78 is 13.4. The van der Waals surface area contributed by atoms with Crippen LogP contribution in [-0.4, -0.2) is 25.0 Å². The minimum Gasteiger partial charge on any atom is -0.370 e. The molecule has 0 aromatic heterocycles. The fourth-order valence-electron chi connectivity index (χ4n) is 1.42. The first-order valence-corrected chi connectivity index (χ1v) is 4.89. The van der Waals surface area contributed by atoms with Crippen LogP contribution in [-0.2, 0) is 4.79 Å². The van der Waals surface area contributed by atoms with Crippen molar-refractivity contribution in [3.63, 3.8) is 0 Å². The van der Waals surface area contributed by atoms with Gasteiger partial charge in [0.2, 0.25) is 5.91 Å². The van der Waals surface area contributed by atoms with Crippen molar-refractivity contribution in [1.29, 1.82) is 0 Å². The number of benzene rings is 1. The number of likely N-dealkylation sites (N-methyl/N-ethyl adjacent to an activating group) is 1. The molecule has 4 nitrogen and oxygen atoms in total. The number of nitrogens with zero attached hydrogens (tertiary/aromatic N) is 1. The lowest BCUT2D eigenvalue weighted by molar-refractivity contribution is -0.122. The van der Waals surface area contributed by atoms with E-state index < -0.39 is 11.4 Å². The Morgan fingerprint density at radius 2 is 2.06 bits per heavy atom. The first-order chi connectivity index (χ1) is 7.34.